The number of amides is 1. The lowest BCUT2D eigenvalue weighted by Crippen LogP contribution is -2.42. The highest BCUT2D eigenvalue weighted by Crippen LogP contribution is 2.26. The van der Waals surface area contributed by atoms with E-state index in [1.165, 1.54) is 0 Å². The monoisotopic (exact) mass is 377 g/mol. The first kappa shape index (κ1) is 19.6. The van der Waals surface area contributed by atoms with Crippen molar-refractivity contribution in [3.05, 3.63) is 59.7 Å². The molecule has 3 N–H and O–H groups in total. The second-order valence-electron chi connectivity index (χ2n) is 5.80. The molecule has 0 bridgehead atoms. The van der Waals surface area contributed by atoms with E-state index in [0.29, 0.717) is 5.56 Å². The minimum atomic E-state index is -4.32. The molecule has 1 amide bonds. The number of nitrogens with one attached hydrogen (secondary N) is 1. The fourth-order valence-corrected chi connectivity index (χ4v) is 3.08. The van der Waals surface area contributed by atoms with Crippen molar-refractivity contribution in [1.82, 2.24) is 5.32 Å². The van der Waals surface area contributed by atoms with Crippen molar-refractivity contribution in [3.63, 3.8) is 0 Å². The van der Waals surface area contributed by atoms with Crippen LogP contribution in [0.1, 0.15) is 22.3 Å². The molecule has 0 unspecified atom stereocenters. The van der Waals surface area contributed by atoms with Gasteiger partial charge in [0.2, 0.25) is 0 Å². The van der Waals surface area contributed by atoms with Crippen molar-refractivity contribution in [3.8, 4) is 11.1 Å². The topological polar surface area (TPSA) is 121 Å². The van der Waals surface area contributed by atoms with E-state index in [1.54, 1.807) is 24.3 Å². The second-order valence-corrected chi connectivity index (χ2v) is 7.37. The zero-order valence-electron chi connectivity index (χ0n) is 14.0. The lowest BCUT2D eigenvalue weighted by molar-refractivity contribution is -0.139. The zero-order valence-corrected chi connectivity index (χ0v) is 14.9. The van der Waals surface area contributed by atoms with Gasteiger partial charge < -0.3 is 10.4 Å². The molecule has 7 nitrogen and oxygen atoms in total. The van der Waals surface area contributed by atoms with Crippen LogP contribution >= 0.6 is 0 Å². The van der Waals surface area contributed by atoms with E-state index in [4.69, 9.17) is 4.55 Å². The Balaban J connectivity index is 2.29. The number of hydrogen-bond donors (Lipinski definition) is 3. The number of carbonyl (C=O) groups excluding carboxylic acids is 1. The summed E-state index contributed by atoms with van der Waals surface area (Å²) >= 11 is 0. The van der Waals surface area contributed by atoms with Crippen molar-refractivity contribution >= 4 is 22.0 Å². The summed E-state index contributed by atoms with van der Waals surface area (Å²) in [6.07, 6.45) is -0.438. The number of carboxylic acids is 1. The first-order valence-corrected chi connectivity index (χ1v) is 9.44. The number of carbonyl (C=O) groups is 2. The van der Waals surface area contributed by atoms with Gasteiger partial charge in [0.1, 0.15) is 6.04 Å². The molecule has 2 aromatic rings. The van der Waals surface area contributed by atoms with Gasteiger partial charge in [0.05, 0.1) is 5.75 Å². The van der Waals surface area contributed by atoms with Crippen LogP contribution in [0.25, 0.3) is 11.1 Å². The summed E-state index contributed by atoms with van der Waals surface area (Å²) in [5.74, 6) is -2.77. The van der Waals surface area contributed by atoms with Gasteiger partial charge in [0.25, 0.3) is 16.0 Å². The summed E-state index contributed by atoms with van der Waals surface area (Å²) in [6.45, 7) is 1.90. The quantitative estimate of drug-likeness (QED) is 0.636. The molecule has 0 aliphatic heterocycles. The van der Waals surface area contributed by atoms with Crippen LogP contribution in [0, 0.1) is 6.92 Å². The van der Waals surface area contributed by atoms with Crippen LogP contribution in [0.15, 0.2) is 48.5 Å². The van der Waals surface area contributed by atoms with E-state index >= 15 is 0 Å². The van der Waals surface area contributed by atoms with Gasteiger partial charge in [-0.05, 0) is 36.1 Å². The molecule has 0 aromatic heterocycles. The highest BCUT2D eigenvalue weighted by atomic mass is 32.2. The number of hydrogen-bond acceptors (Lipinski definition) is 4. The Hall–Kier alpha value is -2.71. The molecular formula is C18H19NO6S. The highest BCUT2D eigenvalue weighted by Gasteiger charge is 2.24. The predicted molar refractivity (Wildman–Crippen MR) is 96.5 cm³/mol. The summed E-state index contributed by atoms with van der Waals surface area (Å²) in [6, 6.07) is 12.8. The third-order valence-electron chi connectivity index (χ3n) is 3.87. The molecule has 0 saturated heterocycles. The number of aliphatic carboxylic acids is 1. The molecule has 0 spiro atoms. The van der Waals surface area contributed by atoms with Gasteiger partial charge in [-0.25, -0.2) is 4.79 Å². The summed E-state index contributed by atoms with van der Waals surface area (Å²) in [5.41, 5.74) is 2.71. The number of carboxylic acid groups (broad SMARTS) is 1. The van der Waals surface area contributed by atoms with E-state index in [2.05, 4.69) is 5.32 Å². The molecule has 0 aliphatic rings. The van der Waals surface area contributed by atoms with E-state index in [-0.39, 0.29) is 5.56 Å². The van der Waals surface area contributed by atoms with Gasteiger partial charge in [-0.3, -0.25) is 9.35 Å². The van der Waals surface area contributed by atoms with E-state index in [0.717, 1.165) is 11.1 Å². The molecule has 26 heavy (non-hydrogen) atoms. The maximum absolute atomic E-state index is 12.6. The van der Waals surface area contributed by atoms with Crippen molar-refractivity contribution in [2.45, 2.75) is 19.4 Å². The van der Waals surface area contributed by atoms with Crippen molar-refractivity contribution in [1.29, 1.82) is 0 Å². The molecule has 0 saturated carbocycles. The maximum atomic E-state index is 12.6. The molecule has 1 atom stereocenters. The Morgan fingerprint density at radius 3 is 2.19 bits per heavy atom. The molecule has 0 aliphatic carbocycles. The van der Waals surface area contributed by atoms with Crippen LogP contribution in [0.3, 0.4) is 0 Å². The normalized spacial score (nSPS) is 12.4. The van der Waals surface area contributed by atoms with Crippen LogP contribution in [0.2, 0.25) is 0 Å². The van der Waals surface area contributed by atoms with Crippen molar-refractivity contribution in [2.75, 3.05) is 5.75 Å². The molecule has 0 fully saturated rings. The summed E-state index contributed by atoms with van der Waals surface area (Å²) in [7, 11) is -4.32. The third kappa shape index (κ3) is 5.14. The minimum Gasteiger partial charge on any atom is -0.480 e. The SMILES string of the molecule is Cc1ccccc1-c1ccccc1C(=O)N[C@@H](CCS(=O)(=O)O)C(=O)O. The van der Waals surface area contributed by atoms with E-state index in [9.17, 15) is 23.1 Å². The third-order valence-corrected chi connectivity index (χ3v) is 4.63. The molecule has 0 heterocycles. The average Bonchev–Trinajstić information content (AvgIpc) is 2.58. The van der Waals surface area contributed by atoms with E-state index < -0.39 is 40.2 Å². The molecule has 2 aromatic carbocycles. The Morgan fingerprint density at radius 1 is 1.04 bits per heavy atom. The van der Waals surface area contributed by atoms with Gasteiger partial charge in [-0.1, -0.05) is 42.5 Å². The molecule has 2 rings (SSSR count). The fourth-order valence-electron chi connectivity index (χ4n) is 2.55. The van der Waals surface area contributed by atoms with Gasteiger partial charge in [-0.2, -0.15) is 8.42 Å². The number of rotatable bonds is 7. The van der Waals surface area contributed by atoms with Crippen molar-refractivity contribution < 1.29 is 27.7 Å². The van der Waals surface area contributed by atoms with Gasteiger partial charge in [-0.15, -0.1) is 0 Å². The predicted octanol–water partition coefficient (Wildman–Crippen LogP) is 2.12. The van der Waals surface area contributed by atoms with Crippen LogP contribution in [-0.2, 0) is 14.9 Å². The van der Waals surface area contributed by atoms with Gasteiger partial charge >= 0.3 is 5.97 Å². The van der Waals surface area contributed by atoms with Crippen LogP contribution in [0.5, 0.6) is 0 Å². The lowest BCUT2D eigenvalue weighted by Gasteiger charge is -2.16. The Bertz CT molecular complexity index is 923. The standard InChI is InChI=1S/C18H19NO6S/c1-12-6-2-3-7-13(12)14-8-4-5-9-15(14)17(20)19-16(18(21)22)10-11-26(23,24)25/h2-9,16H,10-11H2,1H3,(H,19,20)(H,21,22)(H,23,24,25)/t16-/m0/s1. The summed E-state index contributed by atoms with van der Waals surface area (Å²) in [4.78, 5) is 23.9. The highest BCUT2D eigenvalue weighted by molar-refractivity contribution is 7.85. The fraction of sp³-hybridized carbons (Fsp3) is 0.222. The molecule has 138 valence electrons. The summed E-state index contributed by atoms with van der Waals surface area (Å²) < 4.78 is 30.5. The van der Waals surface area contributed by atoms with E-state index in [1.807, 2.05) is 31.2 Å². The molecular weight excluding hydrogens is 358 g/mol. The second kappa shape index (κ2) is 8.11. The van der Waals surface area contributed by atoms with Crippen LogP contribution in [0.4, 0.5) is 0 Å². The largest absolute Gasteiger partial charge is 0.480 e. The molecule has 8 heteroatoms. The van der Waals surface area contributed by atoms with Gasteiger partial charge in [0.15, 0.2) is 0 Å². The number of benzene rings is 2. The first-order valence-electron chi connectivity index (χ1n) is 7.83. The van der Waals surface area contributed by atoms with Crippen LogP contribution in [-0.4, -0.2) is 41.7 Å². The van der Waals surface area contributed by atoms with Crippen molar-refractivity contribution in [2.24, 2.45) is 0 Å². The average molecular weight is 377 g/mol. The van der Waals surface area contributed by atoms with Crippen LogP contribution < -0.4 is 5.32 Å². The minimum absolute atomic E-state index is 0.278. The first-order chi connectivity index (χ1) is 12.2. The maximum Gasteiger partial charge on any atom is 0.326 e. The zero-order chi connectivity index (χ0) is 19.3. The Morgan fingerprint density at radius 2 is 1.62 bits per heavy atom. The van der Waals surface area contributed by atoms with Gasteiger partial charge in [0, 0.05) is 5.56 Å². The Labute approximate surface area is 151 Å². The number of aryl methyl sites for hydroxylation is 1. The molecule has 0 radical (unpaired) electrons. The Kier molecular flexibility index (Phi) is 6.12. The lowest BCUT2D eigenvalue weighted by atomic mass is 9.95. The smallest absolute Gasteiger partial charge is 0.326 e. The summed E-state index contributed by atoms with van der Waals surface area (Å²) in [5, 5.41) is 11.5.